The molecule has 1 unspecified atom stereocenters. The van der Waals surface area contributed by atoms with E-state index < -0.39 is 22.8 Å². The van der Waals surface area contributed by atoms with Crippen LogP contribution in [0, 0.1) is 0 Å². The van der Waals surface area contributed by atoms with Gasteiger partial charge < -0.3 is 20.3 Å². The number of carboxylic acid groups (broad SMARTS) is 1. The summed E-state index contributed by atoms with van der Waals surface area (Å²) in [5, 5.41) is 9.60. The van der Waals surface area contributed by atoms with E-state index in [1.54, 1.807) is 0 Å². The molecule has 1 aromatic rings. The topological polar surface area (TPSA) is 109 Å². The average Bonchev–Trinajstić information content (AvgIpc) is 2.72. The number of aromatic nitrogens is 2. The predicted molar refractivity (Wildman–Crippen MR) is 72.1 cm³/mol. The van der Waals surface area contributed by atoms with Crippen molar-refractivity contribution in [1.82, 2.24) is 9.97 Å². The fourth-order valence-corrected chi connectivity index (χ4v) is 2.49. The van der Waals surface area contributed by atoms with Crippen LogP contribution >= 0.6 is 0 Å². The lowest BCUT2D eigenvalue weighted by Crippen LogP contribution is -2.51. The van der Waals surface area contributed by atoms with E-state index in [0.717, 1.165) is 0 Å². The second kappa shape index (κ2) is 6.27. The summed E-state index contributed by atoms with van der Waals surface area (Å²) in [5.74, 6) is -0.531. The zero-order valence-corrected chi connectivity index (χ0v) is 12.2. The van der Waals surface area contributed by atoms with Crippen LogP contribution in [0.15, 0.2) is 11.4 Å². The van der Waals surface area contributed by atoms with Crippen LogP contribution in [-0.4, -0.2) is 69.2 Å². The van der Waals surface area contributed by atoms with Crippen LogP contribution in [0.2, 0.25) is 0 Å². The number of carbonyl (C=O) groups is 1. The number of aromatic amines is 1. The summed E-state index contributed by atoms with van der Waals surface area (Å²) in [5.41, 5.74) is 6.00. The molecule has 108 valence electrons. The van der Waals surface area contributed by atoms with Gasteiger partial charge in [0, 0.05) is 24.2 Å². The number of carboxylic acids is 1. The van der Waals surface area contributed by atoms with Crippen LogP contribution in [0.3, 0.4) is 0 Å². The Balaban J connectivity index is 2.82. The largest absolute Gasteiger partial charge is 0.477 e. The third kappa shape index (κ3) is 4.41. The van der Waals surface area contributed by atoms with Crippen LogP contribution in [0.5, 0.6) is 0 Å². The van der Waals surface area contributed by atoms with E-state index in [-0.39, 0.29) is 0 Å². The van der Waals surface area contributed by atoms with Gasteiger partial charge in [-0.3, -0.25) is 4.21 Å². The number of nitrogens with two attached hydrogens (primary N) is 1. The molecule has 1 heterocycles. The molecular formula is C11H21N4O3S+. The molecule has 0 aliphatic heterocycles. The number of H-pyrrole nitrogens is 1. The number of rotatable bonds is 7. The number of nitrogens with zero attached hydrogens (tertiary/aromatic N) is 2. The molecule has 4 N–H and O–H groups in total. The van der Waals surface area contributed by atoms with Crippen molar-refractivity contribution >= 4 is 16.8 Å². The Morgan fingerprint density at radius 2 is 2.21 bits per heavy atom. The highest BCUT2D eigenvalue weighted by Gasteiger charge is 2.32. The van der Waals surface area contributed by atoms with E-state index in [2.05, 4.69) is 9.97 Å². The Morgan fingerprint density at radius 3 is 2.68 bits per heavy atom. The summed E-state index contributed by atoms with van der Waals surface area (Å²) in [4.78, 5) is 18.2. The highest BCUT2D eigenvalue weighted by molar-refractivity contribution is 7.84. The van der Waals surface area contributed by atoms with E-state index in [4.69, 9.17) is 5.73 Å². The highest BCUT2D eigenvalue weighted by Crippen LogP contribution is 2.11. The van der Waals surface area contributed by atoms with Crippen LogP contribution in [-0.2, 0) is 22.0 Å². The summed E-state index contributed by atoms with van der Waals surface area (Å²) >= 11 is 0. The van der Waals surface area contributed by atoms with Gasteiger partial charge in [0.1, 0.15) is 0 Å². The number of likely N-dealkylation sites (N-methyl/N-ethyl adjacent to an activating group) is 1. The molecule has 1 aromatic heterocycles. The van der Waals surface area contributed by atoms with Gasteiger partial charge in [-0.25, -0.2) is 9.78 Å². The molecule has 0 radical (unpaired) electrons. The smallest absolute Gasteiger partial charge is 0.362 e. The van der Waals surface area contributed by atoms with Gasteiger partial charge in [-0.05, 0) is 0 Å². The van der Waals surface area contributed by atoms with Gasteiger partial charge >= 0.3 is 5.97 Å². The molecule has 2 atom stereocenters. The van der Waals surface area contributed by atoms with Crippen LogP contribution in [0.4, 0.5) is 0 Å². The number of nitrogens with one attached hydrogen (secondary N) is 1. The Hall–Kier alpha value is -1.25. The minimum Gasteiger partial charge on any atom is -0.477 e. The molecule has 0 aliphatic carbocycles. The van der Waals surface area contributed by atoms with Gasteiger partial charge in [0.25, 0.3) is 0 Å². The van der Waals surface area contributed by atoms with Crippen LogP contribution in [0.25, 0.3) is 0 Å². The van der Waals surface area contributed by atoms with E-state index in [1.807, 2.05) is 21.1 Å². The quantitative estimate of drug-likeness (QED) is 0.568. The summed E-state index contributed by atoms with van der Waals surface area (Å²) in [6, 6.07) is -0.587. The maximum Gasteiger partial charge on any atom is 0.362 e. The molecule has 0 aromatic carbocycles. The van der Waals surface area contributed by atoms with Crippen LogP contribution in [0.1, 0.15) is 5.69 Å². The zero-order valence-electron chi connectivity index (χ0n) is 11.4. The third-order valence-electron chi connectivity index (χ3n) is 2.76. The maximum atomic E-state index is 11.7. The Morgan fingerprint density at radius 1 is 1.58 bits per heavy atom. The third-order valence-corrected chi connectivity index (χ3v) is 4.00. The average molecular weight is 289 g/mol. The summed E-state index contributed by atoms with van der Waals surface area (Å²) < 4.78 is 12.0. The van der Waals surface area contributed by atoms with E-state index in [0.29, 0.717) is 34.1 Å². The molecule has 0 amide bonds. The highest BCUT2D eigenvalue weighted by atomic mass is 32.2. The first-order valence-corrected chi connectivity index (χ1v) is 7.24. The molecule has 0 saturated heterocycles. The van der Waals surface area contributed by atoms with E-state index in [9.17, 15) is 14.1 Å². The molecule has 8 heteroatoms. The maximum absolute atomic E-state index is 11.7. The van der Waals surface area contributed by atoms with Crippen molar-refractivity contribution in [3.63, 3.8) is 0 Å². The lowest BCUT2D eigenvalue weighted by atomic mass is 10.1. The van der Waals surface area contributed by atoms with Gasteiger partial charge in [0.05, 0.1) is 38.4 Å². The van der Waals surface area contributed by atoms with Crippen LogP contribution < -0.4 is 5.73 Å². The molecule has 0 fully saturated rings. The fraction of sp³-hybridized carbons (Fsp3) is 0.636. The summed E-state index contributed by atoms with van der Waals surface area (Å²) in [6.07, 6.45) is 1.85. The van der Waals surface area contributed by atoms with Crippen molar-refractivity contribution in [2.24, 2.45) is 5.73 Å². The lowest BCUT2D eigenvalue weighted by Gasteiger charge is -2.30. The second-order valence-electron chi connectivity index (χ2n) is 5.23. The molecular weight excluding hydrogens is 268 g/mol. The van der Waals surface area contributed by atoms with Crippen molar-refractivity contribution in [1.29, 1.82) is 0 Å². The van der Waals surface area contributed by atoms with Gasteiger partial charge in [0.15, 0.2) is 11.2 Å². The number of imidazole rings is 1. The van der Waals surface area contributed by atoms with Gasteiger partial charge in [-0.2, -0.15) is 0 Å². The minimum atomic E-state index is -1.25. The second-order valence-corrected chi connectivity index (χ2v) is 6.71. The zero-order chi connectivity index (χ0) is 14.6. The normalized spacial score (nSPS) is 15.2. The first-order valence-electron chi connectivity index (χ1n) is 5.92. The monoisotopic (exact) mass is 289 g/mol. The number of hydrogen-bond donors (Lipinski definition) is 3. The van der Waals surface area contributed by atoms with Gasteiger partial charge in [-0.15, -0.1) is 0 Å². The fourth-order valence-electron chi connectivity index (χ4n) is 1.66. The lowest BCUT2D eigenvalue weighted by molar-refractivity contribution is -0.887. The molecule has 0 spiro atoms. The SMILES string of the molecule is C[N+](C)(C)[C@@H](Cc1cnc(S(=O)CCN)[nH]1)C(=O)O. The standard InChI is InChI=1S/C11H20N4O3S/c1-15(2,3)9(10(16)17)6-8-7-13-11(14-8)19(18)5-4-12/h7,9H,4-6,12H2,1-3H3,(H-,13,14,16,17)/p+1/t9-,19?/m0/s1. The molecule has 0 aliphatic rings. The van der Waals surface area contributed by atoms with Crippen molar-refractivity contribution in [3.05, 3.63) is 11.9 Å². The van der Waals surface area contributed by atoms with E-state index >= 15 is 0 Å². The summed E-state index contributed by atoms with van der Waals surface area (Å²) in [6.45, 7) is 0.319. The van der Waals surface area contributed by atoms with Gasteiger partial charge in [0.2, 0.25) is 0 Å². The van der Waals surface area contributed by atoms with E-state index in [1.165, 1.54) is 6.20 Å². The van der Waals surface area contributed by atoms with Crippen molar-refractivity contribution in [2.45, 2.75) is 17.6 Å². The minimum absolute atomic E-state index is 0.301. The molecule has 0 saturated carbocycles. The Labute approximate surface area is 114 Å². The summed E-state index contributed by atoms with van der Waals surface area (Å²) in [7, 11) is 4.21. The molecule has 19 heavy (non-hydrogen) atoms. The number of aliphatic carboxylic acids is 1. The Bertz CT molecular complexity index is 467. The number of hydrogen-bond acceptors (Lipinski definition) is 4. The van der Waals surface area contributed by atoms with Gasteiger partial charge in [-0.1, -0.05) is 0 Å². The Kier molecular flexibility index (Phi) is 5.21. The first kappa shape index (κ1) is 15.8. The van der Waals surface area contributed by atoms with Crippen molar-refractivity contribution in [3.8, 4) is 0 Å². The van der Waals surface area contributed by atoms with Crippen molar-refractivity contribution in [2.75, 3.05) is 33.4 Å². The molecule has 7 nitrogen and oxygen atoms in total. The molecule has 0 bridgehead atoms. The van der Waals surface area contributed by atoms with Crippen molar-refractivity contribution < 1.29 is 18.6 Å². The predicted octanol–water partition coefficient (Wildman–Crippen LogP) is -0.822. The number of quaternary nitrogens is 1. The molecule has 1 rings (SSSR count). The first-order chi connectivity index (χ1) is 8.75.